The van der Waals surface area contributed by atoms with E-state index in [9.17, 15) is 10.2 Å². The predicted molar refractivity (Wildman–Crippen MR) is 71.0 cm³/mol. The van der Waals surface area contributed by atoms with Crippen molar-refractivity contribution in [2.75, 3.05) is 24.7 Å². The van der Waals surface area contributed by atoms with E-state index in [2.05, 4.69) is 11.8 Å². The van der Waals surface area contributed by atoms with Crippen molar-refractivity contribution in [1.29, 1.82) is 0 Å². The van der Waals surface area contributed by atoms with E-state index in [4.69, 9.17) is 4.74 Å². The topological polar surface area (TPSA) is 52.9 Å². The van der Waals surface area contributed by atoms with Crippen LogP contribution in [0.4, 0.5) is 5.69 Å². The Kier molecular flexibility index (Phi) is 4.09. The molecule has 1 aromatic carbocycles. The Labute approximate surface area is 108 Å². The molecule has 2 unspecified atom stereocenters. The van der Waals surface area contributed by atoms with E-state index < -0.39 is 6.10 Å². The minimum atomic E-state index is -0.647. The van der Waals surface area contributed by atoms with Crippen LogP contribution in [0, 0.1) is 0 Å². The first-order chi connectivity index (χ1) is 8.63. The lowest BCUT2D eigenvalue weighted by molar-refractivity contribution is 0.0929. The summed E-state index contributed by atoms with van der Waals surface area (Å²) >= 11 is 0. The van der Waals surface area contributed by atoms with Crippen LogP contribution in [0.3, 0.4) is 0 Å². The lowest BCUT2D eigenvalue weighted by atomic mass is 10.1. The fourth-order valence-electron chi connectivity index (χ4n) is 2.40. The number of phenols is 1. The van der Waals surface area contributed by atoms with Crippen LogP contribution in [-0.4, -0.2) is 36.0 Å². The van der Waals surface area contributed by atoms with Gasteiger partial charge in [-0.15, -0.1) is 0 Å². The van der Waals surface area contributed by atoms with E-state index in [1.54, 1.807) is 19.1 Å². The van der Waals surface area contributed by atoms with Gasteiger partial charge in [-0.05, 0) is 19.4 Å². The van der Waals surface area contributed by atoms with E-state index in [-0.39, 0.29) is 5.75 Å². The Morgan fingerprint density at radius 1 is 1.50 bits per heavy atom. The standard InChI is InChI=1S/C14H21NO3/c1-3-11-9-18-7-6-15(11)12-4-5-13(10(2)16)14(17)8-12/h4-5,8,10-11,16-17H,3,6-7,9H2,1-2H3. The van der Waals surface area contributed by atoms with Crippen molar-refractivity contribution in [1.82, 2.24) is 0 Å². The van der Waals surface area contributed by atoms with Gasteiger partial charge in [-0.25, -0.2) is 0 Å². The molecule has 2 rings (SSSR count). The number of hydrogen-bond acceptors (Lipinski definition) is 4. The summed E-state index contributed by atoms with van der Waals surface area (Å²) in [4.78, 5) is 2.26. The van der Waals surface area contributed by atoms with E-state index in [0.29, 0.717) is 11.6 Å². The van der Waals surface area contributed by atoms with Crippen LogP contribution in [0.2, 0.25) is 0 Å². The summed E-state index contributed by atoms with van der Waals surface area (Å²) in [6.45, 7) is 6.07. The largest absolute Gasteiger partial charge is 0.507 e. The van der Waals surface area contributed by atoms with Gasteiger partial charge >= 0.3 is 0 Å². The fourth-order valence-corrected chi connectivity index (χ4v) is 2.40. The molecule has 2 atom stereocenters. The summed E-state index contributed by atoms with van der Waals surface area (Å²) < 4.78 is 5.47. The van der Waals surface area contributed by atoms with E-state index >= 15 is 0 Å². The van der Waals surface area contributed by atoms with Gasteiger partial charge in [0.2, 0.25) is 0 Å². The first-order valence-electron chi connectivity index (χ1n) is 6.48. The van der Waals surface area contributed by atoms with Gasteiger partial charge in [0.15, 0.2) is 0 Å². The molecule has 0 aromatic heterocycles. The summed E-state index contributed by atoms with van der Waals surface area (Å²) in [5.41, 5.74) is 1.56. The molecule has 0 radical (unpaired) electrons. The number of aliphatic hydroxyl groups is 1. The van der Waals surface area contributed by atoms with Crippen LogP contribution >= 0.6 is 0 Å². The van der Waals surface area contributed by atoms with Crippen LogP contribution in [0.5, 0.6) is 5.75 Å². The molecule has 2 N–H and O–H groups in total. The number of benzene rings is 1. The normalized spacial score (nSPS) is 21.9. The van der Waals surface area contributed by atoms with Gasteiger partial charge in [0.1, 0.15) is 5.75 Å². The van der Waals surface area contributed by atoms with Crippen molar-refractivity contribution >= 4 is 5.69 Å². The third-order valence-electron chi connectivity index (χ3n) is 3.49. The van der Waals surface area contributed by atoms with Gasteiger partial charge in [-0.1, -0.05) is 13.0 Å². The maximum Gasteiger partial charge on any atom is 0.123 e. The summed E-state index contributed by atoms with van der Waals surface area (Å²) in [6, 6.07) is 5.83. The highest BCUT2D eigenvalue weighted by Gasteiger charge is 2.22. The number of phenolic OH excluding ortho intramolecular Hbond substituents is 1. The lowest BCUT2D eigenvalue weighted by Gasteiger charge is -2.37. The number of morpholine rings is 1. The average molecular weight is 251 g/mol. The second-order valence-corrected chi connectivity index (χ2v) is 4.75. The summed E-state index contributed by atoms with van der Waals surface area (Å²) in [7, 11) is 0. The maximum absolute atomic E-state index is 9.93. The van der Waals surface area contributed by atoms with E-state index in [1.165, 1.54) is 0 Å². The highest BCUT2D eigenvalue weighted by atomic mass is 16.5. The number of hydrogen-bond donors (Lipinski definition) is 2. The average Bonchev–Trinajstić information content (AvgIpc) is 2.38. The van der Waals surface area contributed by atoms with Crippen LogP contribution in [0.15, 0.2) is 18.2 Å². The SMILES string of the molecule is CCC1COCCN1c1ccc(C(C)O)c(O)c1. The van der Waals surface area contributed by atoms with Gasteiger partial charge in [-0.3, -0.25) is 0 Å². The Morgan fingerprint density at radius 2 is 2.28 bits per heavy atom. The Bertz CT molecular complexity index is 406. The Morgan fingerprint density at radius 3 is 2.89 bits per heavy atom. The van der Waals surface area contributed by atoms with Crippen LogP contribution in [0.1, 0.15) is 31.9 Å². The molecule has 1 heterocycles. The van der Waals surface area contributed by atoms with Crippen molar-refractivity contribution in [3.05, 3.63) is 23.8 Å². The molecule has 0 amide bonds. The zero-order valence-corrected chi connectivity index (χ0v) is 11.0. The number of ether oxygens (including phenoxy) is 1. The maximum atomic E-state index is 9.93. The minimum Gasteiger partial charge on any atom is -0.507 e. The number of nitrogens with zero attached hydrogens (tertiary/aromatic N) is 1. The fraction of sp³-hybridized carbons (Fsp3) is 0.571. The van der Waals surface area contributed by atoms with Crippen molar-refractivity contribution in [2.45, 2.75) is 32.4 Å². The summed E-state index contributed by atoms with van der Waals surface area (Å²) in [5, 5.41) is 19.4. The third-order valence-corrected chi connectivity index (χ3v) is 3.49. The zero-order valence-electron chi connectivity index (χ0n) is 11.0. The van der Waals surface area contributed by atoms with Crippen LogP contribution in [0.25, 0.3) is 0 Å². The molecule has 0 saturated carbocycles. The van der Waals surface area contributed by atoms with Crippen molar-refractivity contribution in [3.8, 4) is 5.75 Å². The Balaban J connectivity index is 2.24. The molecule has 4 nitrogen and oxygen atoms in total. The van der Waals surface area contributed by atoms with E-state index in [0.717, 1.165) is 31.9 Å². The highest BCUT2D eigenvalue weighted by Crippen LogP contribution is 2.30. The quantitative estimate of drug-likeness (QED) is 0.863. The lowest BCUT2D eigenvalue weighted by Crippen LogP contribution is -2.45. The molecule has 0 spiro atoms. The van der Waals surface area contributed by atoms with Crippen LogP contribution < -0.4 is 4.90 Å². The highest BCUT2D eigenvalue weighted by molar-refractivity contribution is 5.54. The third kappa shape index (κ3) is 2.60. The van der Waals surface area contributed by atoms with Gasteiger partial charge in [-0.2, -0.15) is 0 Å². The molecule has 1 fully saturated rings. The number of rotatable bonds is 3. The van der Waals surface area contributed by atoms with Gasteiger partial charge in [0.05, 0.1) is 25.4 Å². The summed E-state index contributed by atoms with van der Waals surface area (Å²) in [5.74, 6) is 0.156. The number of anilines is 1. The van der Waals surface area contributed by atoms with Crippen LogP contribution in [-0.2, 0) is 4.74 Å². The monoisotopic (exact) mass is 251 g/mol. The van der Waals surface area contributed by atoms with Gasteiger partial charge < -0.3 is 19.8 Å². The van der Waals surface area contributed by atoms with Gasteiger partial charge in [0.25, 0.3) is 0 Å². The van der Waals surface area contributed by atoms with Gasteiger partial charge in [0, 0.05) is 23.9 Å². The van der Waals surface area contributed by atoms with Crippen molar-refractivity contribution in [3.63, 3.8) is 0 Å². The second-order valence-electron chi connectivity index (χ2n) is 4.75. The van der Waals surface area contributed by atoms with Crippen molar-refractivity contribution < 1.29 is 14.9 Å². The number of aliphatic hydroxyl groups excluding tert-OH is 1. The molecule has 1 aliphatic heterocycles. The molecule has 1 aliphatic rings. The summed E-state index contributed by atoms with van der Waals surface area (Å²) in [6.07, 6.45) is 0.365. The number of aromatic hydroxyl groups is 1. The zero-order chi connectivity index (χ0) is 13.1. The first-order valence-corrected chi connectivity index (χ1v) is 6.48. The molecular weight excluding hydrogens is 230 g/mol. The molecule has 1 saturated heterocycles. The molecule has 18 heavy (non-hydrogen) atoms. The Hall–Kier alpha value is -1.26. The smallest absolute Gasteiger partial charge is 0.123 e. The molecule has 0 bridgehead atoms. The molecule has 1 aromatic rings. The molecule has 100 valence electrons. The second kappa shape index (κ2) is 5.59. The molecular formula is C14H21NO3. The first kappa shape index (κ1) is 13.2. The van der Waals surface area contributed by atoms with Crippen molar-refractivity contribution in [2.24, 2.45) is 0 Å². The van der Waals surface area contributed by atoms with E-state index in [1.807, 2.05) is 6.07 Å². The predicted octanol–water partition coefficient (Wildman–Crippen LogP) is 2.06. The minimum absolute atomic E-state index is 0.156. The molecule has 4 heteroatoms. The molecule has 0 aliphatic carbocycles.